The van der Waals surface area contributed by atoms with Gasteiger partial charge in [0.25, 0.3) is 0 Å². The molecule has 1 aliphatic carbocycles. The van der Waals surface area contributed by atoms with Crippen molar-refractivity contribution in [1.82, 2.24) is 10.6 Å². The van der Waals surface area contributed by atoms with Crippen LogP contribution in [0.1, 0.15) is 44.6 Å². The van der Waals surface area contributed by atoms with Gasteiger partial charge >= 0.3 is 6.03 Å². The maximum atomic E-state index is 12.0. The maximum absolute atomic E-state index is 12.0. The van der Waals surface area contributed by atoms with Crippen LogP contribution >= 0.6 is 11.6 Å². The van der Waals surface area contributed by atoms with Crippen LogP contribution in [0, 0.1) is 0 Å². The summed E-state index contributed by atoms with van der Waals surface area (Å²) in [6, 6.07) is 7.88. The van der Waals surface area contributed by atoms with Crippen molar-refractivity contribution in [3.05, 3.63) is 34.9 Å². The quantitative estimate of drug-likeness (QED) is 0.721. The number of urea groups is 1. The Morgan fingerprint density at radius 3 is 2.59 bits per heavy atom. The van der Waals surface area contributed by atoms with Crippen molar-refractivity contribution in [3.63, 3.8) is 0 Å². The fourth-order valence-electron chi connectivity index (χ4n) is 2.97. The van der Waals surface area contributed by atoms with Crippen LogP contribution in [-0.4, -0.2) is 30.3 Å². The van der Waals surface area contributed by atoms with E-state index in [2.05, 4.69) is 22.8 Å². The smallest absolute Gasteiger partial charge is 0.315 e. The standard InChI is InChI=1S/C17H25ClN2O2/c1-13(4-2-11-21)20-16(22)19-12-17(9-3-10-17)14-5-7-15(18)8-6-14/h5-8,13,21H,2-4,9-12H2,1H3,(H2,19,20,22). The van der Waals surface area contributed by atoms with Gasteiger partial charge in [0.05, 0.1) is 0 Å². The molecular weight excluding hydrogens is 300 g/mol. The van der Waals surface area contributed by atoms with E-state index in [0.717, 1.165) is 24.3 Å². The molecular formula is C17H25ClN2O2. The minimum absolute atomic E-state index is 0.0519. The van der Waals surface area contributed by atoms with Crippen molar-refractivity contribution in [2.45, 2.75) is 50.5 Å². The van der Waals surface area contributed by atoms with Gasteiger partial charge in [0.1, 0.15) is 0 Å². The molecule has 1 saturated carbocycles. The number of rotatable bonds is 7. The number of carbonyl (C=O) groups excluding carboxylic acids is 1. The summed E-state index contributed by atoms with van der Waals surface area (Å²) in [4.78, 5) is 12.0. The lowest BCUT2D eigenvalue weighted by molar-refractivity contribution is 0.211. The third-order valence-electron chi connectivity index (χ3n) is 4.53. The molecule has 0 aromatic heterocycles. The van der Waals surface area contributed by atoms with Crippen LogP contribution in [-0.2, 0) is 5.41 Å². The molecule has 22 heavy (non-hydrogen) atoms. The molecule has 1 aromatic rings. The van der Waals surface area contributed by atoms with Crippen LogP contribution in [0.2, 0.25) is 5.02 Å². The number of amides is 2. The molecule has 1 atom stereocenters. The molecule has 0 radical (unpaired) electrons. The van der Waals surface area contributed by atoms with E-state index in [1.165, 1.54) is 12.0 Å². The van der Waals surface area contributed by atoms with Gasteiger partial charge < -0.3 is 15.7 Å². The highest BCUT2D eigenvalue weighted by Crippen LogP contribution is 2.43. The second kappa shape index (κ2) is 7.84. The Bertz CT molecular complexity index is 486. The Hall–Kier alpha value is -1.26. The van der Waals surface area contributed by atoms with Gasteiger partial charge in [-0.2, -0.15) is 0 Å². The van der Waals surface area contributed by atoms with E-state index in [1.807, 2.05) is 19.1 Å². The molecule has 0 heterocycles. The third-order valence-corrected chi connectivity index (χ3v) is 4.78. The van der Waals surface area contributed by atoms with Gasteiger partial charge in [0, 0.05) is 29.6 Å². The van der Waals surface area contributed by atoms with Crippen LogP contribution < -0.4 is 10.6 Å². The first-order valence-electron chi connectivity index (χ1n) is 7.97. The molecule has 0 spiro atoms. The van der Waals surface area contributed by atoms with Gasteiger partial charge in [-0.3, -0.25) is 0 Å². The van der Waals surface area contributed by atoms with Gasteiger partial charge in [-0.15, -0.1) is 0 Å². The van der Waals surface area contributed by atoms with Crippen LogP contribution in [0.15, 0.2) is 24.3 Å². The van der Waals surface area contributed by atoms with Gasteiger partial charge in [0.15, 0.2) is 0 Å². The van der Waals surface area contributed by atoms with E-state index in [0.29, 0.717) is 13.0 Å². The van der Waals surface area contributed by atoms with E-state index >= 15 is 0 Å². The van der Waals surface area contributed by atoms with Gasteiger partial charge in [0.2, 0.25) is 0 Å². The molecule has 1 aliphatic rings. The Balaban J connectivity index is 1.86. The zero-order chi connectivity index (χ0) is 16.0. The molecule has 1 fully saturated rings. The van der Waals surface area contributed by atoms with Crippen molar-refractivity contribution in [2.24, 2.45) is 0 Å². The predicted octanol–water partition coefficient (Wildman–Crippen LogP) is 3.22. The van der Waals surface area contributed by atoms with E-state index in [9.17, 15) is 4.79 Å². The molecule has 1 aromatic carbocycles. The Morgan fingerprint density at radius 1 is 1.36 bits per heavy atom. The number of aliphatic hydroxyl groups excluding tert-OH is 1. The number of halogens is 1. The van der Waals surface area contributed by atoms with Crippen molar-refractivity contribution in [1.29, 1.82) is 0 Å². The summed E-state index contributed by atoms with van der Waals surface area (Å²) in [5.41, 5.74) is 1.30. The number of carbonyl (C=O) groups is 1. The normalized spacial score (nSPS) is 17.4. The highest BCUT2D eigenvalue weighted by Gasteiger charge is 2.38. The van der Waals surface area contributed by atoms with Crippen LogP contribution in [0.4, 0.5) is 4.79 Å². The molecule has 5 heteroatoms. The van der Waals surface area contributed by atoms with E-state index < -0.39 is 0 Å². The Kier molecular flexibility index (Phi) is 6.09. The zero-order valence-electron chi connectivity index (χ0n) is 13.1. The van der Waals surface area contributed by atoms with E-state index in [4.69, 9.17) is 16.7 Å². The maximum Gasteiger partial charge on any atom is 0.315 e. The highest BCUT2D eigenvalue weighted by molar-refractivity contribution is 6.30. The minimum Gasteiger partial charge on any atom is -0.396 e. The fourth-order valence-corrected chi connectivity index (χ4v) is 3.09. The monoisotopic (exact) mass is 324 g/mol. The second-order valence-corrected chi connectivity index (χ2v) is 6.67. The first-order valence-corrected chi connectivity index (χ1v) is 8.35. The molecule has 2 rings (SSSR count). The van der Waals surface area contributed by atoms with Crippen molar-refractivity contribution in [3.8, 4) is 0 Å². The topological polar surface area (TPSA) is 61.4 Å². The molecule has 4 nitrogen and oxygen atoms in total. The second-order valence-electron chi connectivity index (χ2n) is 6.23. The molecule has 1 unspecified atom stereocenters. The van der Waals surface area contributed by atoms with Gasteiger partial charge in [-0.25, -0.2) is 4.79 Å². The molecule has 0 bridgehead atoms. The highest BCUT2D eigenvalue weighted by atomic mass is 35.5. The van der Waals surface area contributed by atoms with E-state index in [1.54, 1.807) is 0 Å². The van der Waals surface area contributed by atoms with Crippen molar-refractivity contribution < 1.29 is 9.90 Å². The van der Waals surface area contributed by atoms with E-state index in [-0.39, 0.29) is 24.1 Å². The van der Waals surface area contributed by atoms with Crippen LogP contribution in [0.25, 0.3) is 0 Å². The number of nitrogens with one attached hydrogen (secondary N) is 2. The lowest BCUT2D eigenvalue weighted by atomic mass is 9.64. The van der Waals surface area contributed by atoms with Crippen molar-refractivity contribution in [2.75, 3.05) is 13.2 Å². The SMILES string of the molecule is CC(CCCO)NC(=O)NCC1(c2ccc(Cl)cc2)CCC1. The lowest BCUT2D eigenvalue weighted by Gasteiger charge is -2.42. The largest absolute Gasteiger partial charge is 0.396 e. The molecule has 0 aliphatic heterocycles. The Morgan fingerprint density at radius 2 is 2.05 bits per heavy atom. The summed E-state index contributed by atoms with van der Waals surface area (Å²) in [7, 11) is 0. The average molecular weight is 325 g/mol. The first kappa shape index (κ1) is 17.1. The summed E-state index contributed by atoms with van der Waals surface area (Å²) in [5.74, 6) is 0. The summed E-state index contributed by atoms with van der Waals surface area (Å²) in [6.07, 6.45) is 4.87. The minimum atomic E-state index is -0.134. The number of hydrogen-bond acceptors (Lipinski definition) is 2. The Labute approximate surface area is 137 Å². The summed E-state index contributed by atoms with van der Waals surface area (Å²) in [5, 5.41) is 15.5. The fraction of sp³-hybridized carbons (Fsp3) is 0.588. The molecule has 122 valence electrons. The molecule has 0 saturated heterocycles. The average Bonchev–Trinajstić information content (AvgIpc) is 2.45. The van der Waals surface area contributed by atoms with Gasteiger partial charge in [-0.05, 0) is 50.3 Å². The van der Waals surface area contributed by atoms with Gasteiger partial charge in [-0.1, -0.05) is 30.2 Å². The third kappa shape index (κ3) is 4.37. The first-order chi connectivity index (χ1) is 10.6. The predicted molar refractivity (Wildman–Crippen MR) is 89.3 cm³/mol. The van der Waals surface area contributed by atoms with Crippen molar-refractivity contribution >= 4 is 17.6 Å². The molecule has 2 amide bonds. The zero-order valence-corrected chi connectivity index (χ0v) is 13.8. The summed E-state index contributed by atoms with van der Waals surface area (Å²) >= 11 is 5.95. The number of aliphatic hydroxyl groups is 1. The summed E-state index contributed by atoms with van der Waals surface area (Å²) in [6.45, 7) is 2.76. The molecule has 3 N–H and O–H groups in total. The van der Waals surface area contributed by atoms with Crippen LogP contribution in [0.3, 0.4) is 0 Å². The lowest BCUT2D eigenvalue weighted by Crippen LogP contribution is -2.49. The number of hydrogen-bond donors (Lipinski definition) is 3. The summed E-state index contributed by atoms with van der Waals surface area (Å²) < 4.78 is 0. The van der Waals surface area contributed by atoms with Crippen LogP contribution in [0.5, 0.6) is 0 Å². The number of benzene rings is 1.